The molecule has 2 aromatic heterocycles. The van der Waals surface area contributed by atoms with Gasteiger partial charge in [-0.2, -0.15) is 5.10 Å². The van der Waals surface area contributed by atoms with Crippen molar-refractivity contribution in [2.24, 2.45) is 7.05 Å². The van der Waals surface area contributed by atoms with Crippen LogP contribution in [0.25, 0.3) is 0 Å². The Morgan fingerprint density at radius 1 is 1.42 bits per heavy atom. The zero-order chi connectivity index (χ0) is 18.7. The van der Waals surface area contributed by atoms with Crippen molar-refractivity contribution in [2.45, 2.75) is 46.4 Å². The smallest absolute Gasteiger partial charge is 0.217 e. The highest BCUT2D eigenvalue weighted by atomic mass is 16.5. The van der Waals surface area contributed by atoms with Gasteiger partial charge in [0.1, 0.15) is 11.9 Å². The van der Waals surface area contributed by atoms with E-state index in [1.54, 1.807) is 6.20 Å². The molecule has 1 amide bonds. The van der Waals surface area contributed by atoms with Gasteiger partial charge in [-0.3, -0.25) is 19.4 Å². The Hall–Kier alpha value is -2.41. The lowest BCUT2D eigenvalue weighted by Gasteiger charge is -2.17. The van der Waals surface area contributed by atoms with Gasteiger partial charge in [0.2, 0.25) is 5.91 Å². The maximum atomic E-state index is 11.0. The quantitative estimate of drug-likeness (QED) is 0.852. The second-order valence-electron chi connectivity index (χ2n) is 6.93. The minimum Gasteiger partial charge on any atom is -0.489 e. The molecule has 7 nitrogen and oxygen atoms in total. The third-order valence-corrected chi connectivity index (χ3v) is 4.88. The summed E-state index contributed by atoms with van der Waals surface area (Å²) >= 11 is 0. The molecule has 0 bridgehead atoms. The molecule has 2 aromatic rings. The summed E-state index contributed by atoms with van der Waals surface area (Å²) in [5.41, 5.74) is 4.44. The molecular weight excluding hydrogens is 330 g/mol. The van der Waals surface area contributed by atoms with Crippen molar-refractivity contribution in [1.82, 2.24) is 25.0 Å². The van der Waals surface area contributed by atoms with E-state index >= 15 is 0 Å². The molecule has 0 saturated carbocycles. The predicted molar refractivity (Wildman–Crippen MR) is 98.7 cm³/mol. The number of nitrogens with one attached hydrogen (secondary N) is 1. The first-order chi connectivity index (χ1) is 12.4. The Morgan fingerprint density at radius 3 is 2.92 bits per heavy atom. The third kappa shape index (κ3) is 4.40. The van der Waals surface area contributed by atoms with Gasteiger partial charge >= 0.3 is 0 Å². The van der Waals surface area contributed by atoms with Gasteiger partial charge in [-0.05, 0) is 26.3 Å². The molecule has 1 aliphatic rings. The van der Waals surface area contributed by atoms with Crippen LogP contribution in [-0.4, -0.2) is 44.8 Å². The molecule has 1 aliphatic heterocycles. The van der Waals surface area contributed by atoms with Crippen LogP contribution in [0.15, 0.2) is 18.3 Å². The summed E-state index contributed by atoms with van der Waals surface area (Å²) in [6, 6.07) is 3.77. The number of carbonyl (C=O) groups excluding carboxylic acids is 1. The normalized spacial score (nSPS) is 17.5. The van der Waals surface area contributed by atoms with E-state index in [1.807, 2.05) is 23.9 Å². The summed E-state index contributed by atoms with van der Waals surface area (Å²) in [7, 11) is 1.99. The number of likely N-dealkylation sites (tertiary alicyclic amines) is 1. The zero-order valence-corrected chi connectivity index (χ0v) is 16.0. The molecule has 1 fully saturated rings. The number of nitrogens with zero attached hydrogens (tertiary/aromatic N) is 4. The van der Waals surface area contributed by atoms with Crippen LogP contribution in [0.2, 0.25) is 0 Å². The second kappa shape index (κ2) is 7.86. The van der Waals surface area contributed by atoms with E-state index in [0.29, 0.717) is 6.54 Å². The van der Waals surface area contributed by atoms with Crippen LogP contribution >= 0.6 is 0 Å². The number of pyridine rings is 1. The summed E-state index contributed by atoms with van der Waals surface area (Å²) in [6.07, 6.45) is 2.90. The molecule has 3 rings (SSSR count). The zero-order valence-electron chi connectivity index (χ0n) is 16.0. The monoisotopic (exact) mass is 357 g/mol. The van der Waals surface area contributed by atoms with E-state index in [-0.39, 0.29) is 12.0 Å². The maximum absolute atomic E-state index is 11.0. The van der Waals surface area contributed by atoms with Crippen molar-refractivity contribution in [3.05, 3.63) is 41.0 Å². The van der Waals surface area contributed by atoms with Crippen LogP contribution in [0.4, 0.5) is 0 Å². The predicted octanol–water partition coefficient (Wildman–Crippen LogP) is 1.72. The number of amides is 1. The molecule has 0 radical (unpaired) electrons. The van der Waals surface area contributed by atoms with Crippen LogP contribution < -0.4 is 10.1 Å². The van der Waals surface area contributed by atoms with Gasteiger partial charge in [-0.25, -0.2) is 0 Å². The Labute approximate surface area is 154 Å². The molecule has 1 saturated heterocycles. The van der Waals surface area contributed by atoms with Gasteiger partial charge in [-0.15, -0.1) is 0 Å². The van der Waals surface area contributed by atoms with Crippen molar-refractivity contribution in [1.29, 1.82) is 0 Å². The molecule has 1 N–H and O–H groups in total. The van der Waals surface area contributed by atoms with Crippen molar-refractivity contribution < 1.29 is 9.53 Å². The molecule has 0 spiro atoms. The second-order valence-corrected chi connectivity index (χ2v) is 6.93. The number of hydrogen-bond donors (Lipinski definition) is 1. The first-order valence-electron chi connectivity index (χ1n) is 9.00. The van der Waals surface area contributed by atoms with Crippen LogP contribution in [-0.2, 0) is 24.9 Å². The summed E-state index contributed by atoms with van der Waals surface area (Å²) in [4.78, 5) is 17.7. The highest BCUT2D eigenvalue weighted by Gasteiger charge is 2.25. The van der Waals surface area contributed by atoms with Crippen LogP contribution in [0, 0.1) is 13.8 Å². The van der Waals surface area contributed by atoms with Gasteiger partial charge in [0.15, 0.2) is 0 Å². The van der Waals surface area contributed by atoms with Gasteiger partial charge in [0, 0.05) is 57.1 Å². The molecule has 26 heavy (non-hydrogen) atoms. The number of aromatic nitrogens is 3. The Bertz CT molecular complexity index is 786. The SMILES string of the molecule is CC(=O)NCc1cc(OC2CCN(Cc3c(C)nn(C)c3C)C2)ccn1. The number of carbonyl (C=O) groups is 1. The molecule has 0 aromatic carbocycles. The lowest BCUT2D eigenvalue weighted by molar-refractivity contribution is -0.119. The number of hydrogen-bond acceptors (Lipinski definition) is 5. The Kier molecular flexibility index (Phi) is 5.56. The summed E-state index contributed by atoms with van der Waals surface area (Å²) in [5.74, 6) is 0.742. The van der Waals surface area contributed by atoms with Crippen LogP contribution in [0.1, 0.15) is 36.0 Å². The van der Waals surface area contributed by atoms with Crippen molar-refractivity contribution in [3.63, 3.8) is 0 Å². The fourth-order valence-corrected chi connectivity index (χ4v) is 3.34. The van der Waals surface area contributed by atoms with Crippen molar-refractivity contribution in [2.75, 3.05) is 13.1 Å². The third-order valence-electron chi connectivity index (χ3n) is 4.88. The fourth-order valence-electron chi connectivity index (χ4n) is 3.34. The highest BCUT2D eigenvalue weighted by molar-refractivity contribution is 5.72. The van der Waals surface area contributed by atoms with Crippen molar-refractivity contribution >= 4 is 5.91 Å². The van der Waals surface area contributed by atoms with E-state index in [2.05, 4.69) is 34.1 Å². The lowest BCUT2D eigenvalue weighted by atomic mass is 10.2. The molecule has 0 aliphatic carbocycles. The van der Waals surface area contributed by atoms with E-state index in [4.69, 9.17) is 4.74 Å². The summed E-state index contributed by atoms with van der Waals surface area (Å²) in [5, 5.41) is 7.26. The van der Waals surface area contributed by atoms with Crippen molar-refractivity contribution in [3.8, 4) is 5.75 Å². The van der Waals surface area contributed by atoms with E-state index in [0.717, 1.165) is 43.2 Å². The van der Waals surface area contributed by atoms with Crippen LogP contribution in [0.5, 0.6) is 5.75 Å². The van der Waals surface area contributed by atoms with E-state index < -0.39 is 0 Å². The van der Waals surface area contributed by atoms with E-state index in [1.165, 1.54) is 18.2 Å². The summed E-state index contributed by atoms with van der Waals surface area (Å²) < 4.78 is 8.09. The fraction of sp³-hybridized carbons (Fsp3) is 0.526. The largest absolute Gasteiger partial charge is 0.489 e. The minimum atomic E-state index is -0.0643. The van der Waals surface area contributed by atoms with Gasteiger partial charge in [-0.1, -0.05) is 0 Å². The first kappa shape index (κ1) is 18.4. The first-order valence-corrected chi connectivity index (χ1v) is 9.00. The average molecular weight is 357 g/mol. The molecule has 140 valence electrons. The average Bonchev–Trinajstić information content (AvgIpc) is 3.13. The topological polar surface area (TPSA) is 72.3 Å². The molecule has 7 heteroatoms. The Balaban J connectivity index is 1.56. The number of aryl methyl sites for hydroxylation is 2. The van der Waals surface area contributed by atoms with E-state index in [9.17, 15) is 4.79 Å². The summed E-state index contributed by atoms with van der Waals surface area (Å²) in [6.45, 7) is 8.93. The van der Waals surface area contributed by atoms with Gasteiger partial charge in [0.05, 0.1) is 17.9 Å². The van der Waals surface area contributed by atoms with Crippen LogP contribution in [0.3, 0.4) is 0 Å². The molecular formula is C19H27N5O2. The number of ether oxygens (including phenoxy) is 1. The highest BCUT2D eigenvalue weighted by Crippen LogP contribution is 2.22. The molecule has 3 heterocycles. The standard InChI is InChI=1S/C19H27N5O2/c1-13-19(14(2)23(4)22-13)12-24-8-6-18(11-24)26-17-5-7-20-16(9-17)10-21-15(3)25/h5,7,9,18H,6,8,10-12H2,1-4H3,(H,21,25). The maximum Gasteiger partial charge on any atom is 0.217 e. The molecule has 1 atom stereocenters. The van der Waals surface area contributed by atoms with Gasteiger partial charge < -0.3 is 10.1 Å². The van der Waals surface area contributed by atoms with Gasteiger partial charge in [0.25, 0.3) is 0 Å². The Morgan fingerprint density at radius 2 is 2.23 bits per heavy atom. The minimum absolute atomic E-state index is 0.0643. The molecule has 1 unspecified atom stereocenters. The number of rotatable bonds is 6. The lowest BCUT2D eigenvalue weighted by Crippen LogP contribution is -2.25.